The molecule has 0 aliphatic rings. The molecule has 108 valence electrons. The Bertz CT molecular complexity index is 583. The van der Waals surface area contributed by atoms with Crippen LogP contribution in [-0.2, 0) is 19.4 Å². The van der Waals surface area contributed by atoms with Gasteiger partial charge >= 0.3 is 0 Å². The van der Waals surface area contributed by atoms with Gasteiger partial charge in [0.05, 0.1) is 5.02 Å². The first-order valence-electron chi connectivity index (χ1n) is 6.52. The van der Waals surface area contributed by atoms with Gasteiger partial charge in [0.25, 0.3) is 0 Å². The fourth-order valence-corrected chi connectivity index (χ4v) is 3.41. The lowest BCUT2D eigenvalue weighted by Gasteiger charge is -2.13. The molecule has 1 aromatic heterocycles. The number of rotatable bonds is 6. The predicted molar refractivity (Wildman–Crippen MR) is 87.2 cm³/mol. The monoisotopic (exact) mass is 329 g/mol. The Labute approximate surface area is 133 Å². The highest BCUT2D eigenvalue weighted by molar-refractivity contribution is 7.11. The molecule has 0 radical (unpaired) electrons. The second kappa shape index (κ2) is 7.32. The van der Waals surface area contributed by atoms with Crippen molar-refractivity contribution in [1.82, 2.24) is 0 Å². The van der Waals surface area contributed by atoms with E-state index < -0.39 is 0 Å². The molecule has 0 amide bonds. The van der Waals surface area contributed by atoms with Crippen LogP contribution in [0.3, 0.4) is 0 Å². The van der Waals surface area contributed by atoms with Gasteiger partial charge in [-0.05, 0) is 49.2 Å². The second-order valence-electron chi connectivity index (χ2n) is 4.42. The normalized spacial score (nSPS) is 10.8. The average molecular weight is 330 g/mol. The van der Waals surface area contributed by atoms with Gasteiger partial charge in [-0.15, -0.1) is 11.3 Å². The molecule has 2 nitrogen and oxygen atoms in total. The van der Waals surface area contributed by atoms with Gasteiger partial charge in [-0.3, -0.25) is 0 Å². The second-order valence-corrected chi connectivity index (χ2v) is 6.52. The van der Waals surface area contributed by atoms with E-state index >= 15 is 0 Å². The largest absolute Gasteiger partial charge is 0.486 e. The van der Waals surface area contributed by atoms with Crippen molar-refractivity contribution in [3.8, 4) is 5.75 Å². The molecule has 0 aliphatic heterocycles. The minimum Gasteiger partial charge on any atom is -0.486 e. The van der Waals surface area contributed by atoms with Crippen LogP contribution in [0.25, 0.3) is 0 Å². The van der Waals surface area contributed by atoms with Crippen LogP contribution >= 0.6 is 34.5 Å². The van der Waals surface area contributed by atoms with Crippen molar-refractivity contribution < 1.29 is 4.74 Å². The maximum absolute atomic E-state index is 6.22. The summed E-state index contributed by atoms with van der Waals surface area (Å²) in [6.07, 6.45) is 1.74. The highest BCUT2D eigenvalue weighted by Gasteiger charge is 2.11. The van der Waals surface area contributed by atoms with Crippen LogP contribution in [-0.4, -0.2) is 6.54 Å². The van der Waals surface area contributed by atoms with Crippen molar-refractivity contribution in [2.45, 2.75) is 26.4 Å². The van der Waals surface area contributed by atoms with Gasteiger partial charge in [0.2, 0.25) is 0 Å². The molecule has 20 heavy (non-hydrogen) atoms. The Hall–Kier alpha value is -0.740. The molecule has 2 N–H and O–H groups in total. The zero-order chi connectivity index (χ0) is 14.5. The fourth-order valence-electron chi connectivity index (χ4n) is 1.95. The molecular formula is C15H17Cl2NOS. The maximum Gasteiger partial charge on any atom is 0.141 e. The van der Waals surface area contributed by atoms with Gasteiger partial charge in [0.15, 0.2) is 0 Å². The first-order chi connectivity index (χ1) is 9.63. The number of ether oxygens (including phenoxy) is 1. The average Bonchev–Trinajstić information content (AvgIpc) is 2.86. The summed E-state index contributed by atoms with van der Waals surface area (Å²) in [5.41, 5.74) is 6.57. The van der Waals surface area contributed by atoms with E-state index in [1.54, 1.807) is 17.4 Å². The molecule has 1 aromatic carbocycles. The van der Waals surface area contributed by atoms with Crippen molar-refractivity contribution in [1.29, 1.82) is 0 Å². The molecule has 0 saturated carbocycles. The maximum atomic E-state index is 6.22. The number of aryl methyl sites for hydroxylation is 1. The summed E-state index contributed by atoms with van der Waals surface area (Å²) in [7, 11) is 0. The number of hydrogen-bond donors (Lipinski definition) is 1. The third kappa shape index (κ3) is 3.89. The third-order valence-corrected chi connectivity index (χ3v) is 4.63. The number of benzene rings is 1. The van der Waals surface area contributed by atoms with E-state index in [4.69, 9.17) is 33.7 Å². The van der Waals surface area contributed by atoms with Crippen LogP contribution in [0.4, 0.5) is 0 Å². The van der Waals surface area contributed by atoms with E-state index in [9.17, 15) is 0 Å². The van der Waals surface area contributed by atoms with E-state index in [-0.39, 0.29) is 0 Å². The van der Waals surface area contributed by atoms with E-state index in [1.165, 1.54) is 9.75 Å². The lowest BCUT2D eigenvalue weighted by molar-refractivity contribution is 0.307. The highest BCUT2D eigenvalue weighted by Crippen LogP contribution is 2.33. The highest BCUT2D eigenvalue weighted by atomic mass is 35.5. The van der Waals surface area contributed by atoms with Gasteiger partial charge < -0.3 is 10.5 Å². The van der Waals surface area contributed by atoms with Crippen LogP contribution in [0.2, 0.25) is 10.0 Å². The van der Waals surface area contributed by atoms with E-state index in [0.29, 0.717) is 35.4 Å². The zero-order valence-electron chi connectivity index (χ0n) is 11.3. The van der Waals surface area contributed by atoms with E-state index in [0.717, 1.165) is 12.0 Å². The number of halogens is 2. The summed E-state index contributed by atoms with van der Waals surface area (Å²) in [5, 5.41) is 1.14. The molecule has 2 aromatic rings. The number of nitrogens with two attached hydrogens (primary N) is 1. The molecule has 0 bridgehead atoms. The zero-order valence-corrected chi connectivity index (χ0v) is 13.6. The number of thiophene rings is 1. The smallest absolute Gasteiger partial charge is 0.141 e. The van der Waals surface area contributed by atoms with Crippen LogP contribution in [0, 0.1) is 0 Å². The summed E-state index contributed by atoms with van der Waals surface area (Å²) in [4.78, 5) is 2.54. The molecule has 1 heterocycles. The van der Waals surface area contributed by atoms with Crippen LogP contribution in [0.15, 0.2) is 24.3 Å². The van der Waals surface area contributed by atoms with Gasteiger partial charge in [-0.1, -0.05) is 30.1 Å². The molecule has 0 fully saturated rings. The van der Waals surface area contributed by atoms with Crippen molar-refractivity contribution in [3.63, 3.8) is 0 Å². The molecular weight excluding hydrogens is 313 g/mol. The summed E-state index contributed by atoms with van der Waals surface area (Å²) >= 11 is 14.0. The van der Waals surface area contributed by atoms with Gasteiger partial charge in [-0.2, -0.15) is 0 Å². The van der Waals surface area contributed by atoms with Crippen LogP contribution in [0.5, 0.6) is 5.75 Å². The predicted octanol–water partition coefficient (Wildman–Crippen LogP) is 4.70. The fraction of sp³-hybridized carbons (Fsp3) is 0.333. The molecule has 0 unspecified atom stereocenters. The Kier molecular flexibility index (Phi) is 5.73. The Morgan fingerprint density at radius 3 is 2.60 bits per heavy atom. The summed E-state index contributed by atoms with van der Waals surface area (Å²) in [6.45, 7) is 3.20. The lowest BCUT2D eigenvalue weighted by Crippen LogP contribution is -2.05. The standard InChI is InChI=1S/C15H17Cl2NOS/c1-2-12-3-4-13(20-12)9-19-15-10(5-6-18)7-11(16)8-14(15)17/h3-4,7-8H,2,5-6,9,18H2,1H3. The first-order valence-corrected chi connectivity index (χ1v) is 8.09. The van der Waals surface area contributed by atoms with Crippen molar-refractivity contribution in [2.24, 2.45) is 5.73 Å². The van der Waals surface area contributed by atoms with Crippen molar-refractivity contribution >= 4 is 34.5 Å². The van der Waals surface area contributed by atoms with Crippen molar-refractivity contribution in [3.05, 3.63) is 49.6 Å². The van der Waals surface area contributed by atoms with Crippen molar-refractivity contribution in [2.75, 3.05) is 6.54 Å². The first kappa shape index (κ1) is 15.6. The van der Waals surface area contributed by atoms with Gasteiger partial charge in [0, 0.05) is 14.8 Å². The van der Waals surface area contributed by atoms with Crippen LogP contribution < -0.4 is 10.5 Å². The minimum absolute atomic E-state index is 0.517. The molecule has 0 aliphatic carbocycles. The topological polar surface area (TPSA) is 35.2 Å². The van der Waals surface area contributed by atoms with E-state index in [2.05, 4.69) is 19.1 Å². The third-order valence-electron chi connectivity index (χ3n) is 2.92. The molecule has 0 spiro atoms. The molecule has 0 atom stereocenters. The molecule has 2 rings (SSSR count). The summed E-state index contributed by atoms with van der Waals surface area (Å²) < 4.78 is 5.88. The van der Waals surface area contributed by atoms with E-state index in [1.807, 2.05) is 6.07 Å². The SMILES string of the molecule is CCc1ccc(COc2c(Cl)cc(Cl)cc2CCN)s1. The molecule has 5 heteroatoms. The summed E-state index contributed by atoms with van der Waals surface area (Å²) in [6, 6.07) is 7.79. The Balaban J connectivity index is 2.15. The number of hydrogen-bond acceptors (Lipinski definition) is 3. The Morgan fingerprint density at radius 1 is 1.20 bits per heavy atom. The summed E-state index contributed by atoms with van der Waals surface area (Å²) in [5.74, 6) is 0.688. The van der Waals surface area contributed by atoms with Crippen LogP contribution in [0.1, 0.15) is 22.2 Å². The lowest BCUT2D eigenvalue weighted by atomic mass is 10.1. The van der Waals surface area contributed by atoms with Gasteiger partial charge in [-0.25, -0.2) is 0 Å². The molecule has 0 saturated heterocycles. The quantitative estimate of drug-likeness (QED) is 0.833. The Morgan fingerprint density at radius 2 is 1.95 bits per heavy atom. The van der Waals surface area contributed by atoms with Gasteiger partial charge in [0.1, 0.15) is 12.4 Å². The minimum atomic E-state index is 0.517.